The van der Waals surface area contributed by atoms with Gasteiger partial charge in [0.05, 0.1) is 11.0 Å². The number of piperidine rings is 1. The van der Waals surface area contributed by atoms with E-state index in [1.54, 1.807) is 0 Å². The summed E-state index contributed by atoms with van der Waals surface area (Å²) in [6.45, 7) is 2.54. The standard InChI is InChI=1S/C15H19N3S/c19-15-16-13-5-1-2-6-14(13)18(15)12-7-9-17-8-3-4-11(17)10-12/h1-2,5-6,11-12H,3-4,7-10H2,(H,16,19). The number of fused-ring (bicyclic) bond motifs is 2. The second-order valence-corrected chi connectivity index (χ2v) is 6.21. The third-order valence-electron chi connectivity index (χ3n) is 4.78. The predicted molar refractivity (Wildman–Crippen MR) is 80.0 cm³/mol. The molecule has 2 aromatic rings. The lowest BCUT2D eigenvalue weighted by Crippen LogP contribution is -2.38. The summed E-state index contributed by atoms with van der Waals surface area (Å²) in [6, 6.07) is 9.83. The molecule has 0 saturated carbocycles. The van der Waals surface area contributed by atoms with E-state index in [1.165, 1.54) is 49.8 Å². The summed E-state index contributed by atoms with van der Waals surface area (Å²) in [7, 11) is 0. The molecule has 1 aromatic heterocycles. The van der Waals surface area contributed by atoms with Gasteiger partial charge in [0.25, 0.3) is 0 Å². The van der Waals surface area contributed by atoms with E-state index in [2.05, 4.69) is 38.7 Å². The van der Waals surface area contributed by atoms with Crippen molar-refractivity contribution in [3.8, 4) is 0 Å². The van der Waals surface area contributed by atoms with Crippen LogP contribution in [0, 0.1) is 4.77 Å². The number of hydrogen-bond acceptors (Lipinski definition) is 2. The van der Waals surface area contributed by atoms with Crippen molar-refractivity contribution < 1.29 is 0 Å². The molecule has 0 spiro atoms. The van der Waals surface area contributed by atoms with Crippen LogP contribution < -0.4 is 0 Å². The number of H-pyrrole nitrogens is 1. The molecule has 2 atom stereocenters. The number of aromatic amines is 1. The molecule has 2 saturated heterocycles. The van der Waals surface area contributed by atoms with Gasteiger partial charge in [0.2, 0.25) is 0 Å². The number of aromatic nitrogens is 2. The number of imidazole rings is 1. The molecule has 4 heteroatoms. The van der Waals surface area contributed by atoms with Crippen LogP contribution in [0.4, 0.5) is 0 Å². The molecule has 0 amide bonds. The zero-order valence-corrected chi connectivity index (χ0v) is 11.8. The third-order valence-corrected chi connectivity index (χ3v) is 5.08. The highest BCUT2D eigenvalue weighted by atomic mass is 32.1. The Kier molecular flexibility index (Phi) is 2.74. The second kappa shape index (κ2) is 4.46. The zero-order valence-electron chi connectivity index (χ0n) is 11.0. The van der Waals surface area contributed by atoms with Crippen LogP contribution in [0.2, 0.25) is 0 Å². The van der Waals surface area contributed by atoms with Gasteiger partial charge in [0.1, 0.15) is 0 Å². The lowest BCUT2D eigenvalue weighted by molar-refractivity contribution is 0.156. The Morgan fingerprint density at radius 2 is 2.00 bits per heavy atom. The van der Waals surface area contributed by atoms with E-state index < -0.39 is 0 Å². The Hall–Kier alpha value is -1.13. The number of nitrogens with one attached hydrogen (secondary N) is 1. The summed E-state index contributed by atoms with van der Waals surface area (Å²) in [5.74, 6) is 0. The van der Waals surface area contributed by atoms with Crippen LogP contribution in [0.5, 0.6) is 0 Å². The van der Waals surface area contributed by atoms with Gasteiger partial charge in [-0.25, -0.2) is 0 Å². The van der Waals surface area contributed by atoms with Gasteiger partial charge in [0.15, 0.2) is 4.77 Å². The summed E-state index contributed by atoms with van der Waals surface area (Å²) >= 11 is 5.55. The van der Waals surface area contributed by atoms with Crippen LogP contribution in [0.15, 0.2) is 24.3 Å². The molecule has 2 aliphatic heterocycles. The first-order valence-electron chi connectivity index (χ1n) is 7.26. The molecular weight excluding hydrogens is 254 g/mol. The van der Waals surface area contributed by atoms with Gasteiger partial charge in [-0.1, -0.05) is 12.1 Å². The smallest absolute Gasteiger partial charge is 0.178 e. The number of para-hydroxylation sites is 2. The fraction of sp³-hybridized carbons (Fsp3) is 0.533. The highest BCUT2D eigenvalue weighted by Gasteiger charge is 2.32. The normalized spacial score (nSPS) is 27.8. The van der Waals surface area contributed by atoms with Crippen molar-refractivity contribution in [1.82, 2.24) is 14.5 Å². The first kappa shape index (κ1) is 11.7. The van der Waals surface area contributed by atoms with Crippen molar-refractivity contribution in [2.75, 3.05) is 13.1 Å². The molecule has 2 fully saturated rings. The fourth-order valence-electron chi connectivity index (χ4n) is 3.87. The van der Waals surface area contributed by atoms with Crippen LogP contribution in [0.25, 0.3) is 11.0 Å². The largest absolute Gasteiger partial charge is 0.331 e. The Bertz CT molecular complexity index is 657. The number of benzene rings is 1. The van der Waals surface area contributed by atoms with Crippen molar-refractivity contribution in [3.63, 3.8) is 0 Å². The number of hydrogen-bond donors (Lipinski definition) is 1. The zero-order chi connectivity index (χ0) is 12.8. The van der Waals surface area contributed by atoms with Crippen LogP contribution in [0.3, 0.4) is 0 Å². The van der Waals surface area contributed by atoms with Gasteiger partial charge >= 0.3 is 0 Å². The Balaban J connectivity index is 1.74. The van der Waals surface area contributed by atoms with Crippen LogP contribution in [0.1, 0.15) is 31.7 Å². The van der Waals surface area contributed by atoms with Gasteiger partial charge in [-0.2, -0.15) is 0 Å². The van der Waals surface area contributed by atoms with Crippen molar-refractivity contribution in [2.24, 2.45) is 0 Å². The summed E-state index contributed by atoms with van der Waals surface area (Å²) < 4.78 is 3.25. The van der Waals surface area contributed by atoms with E-state index in [4.69, 9.17) is 12.2 Å². The fourth-order valence-corrected chi connectivity index (χ4v) is 4.23. The van der Waals surface area contributed by atoms with Crippen molar-refractivity contribution in [2.45, 2.75) is 37.8 Å². The predicted octanol–water partition coefficient (Wildman–Crippen LogP) is 3.50. The van der Waals surface area contributed by atoms with Gasteiger partial charge in [0, 0.05) is 18.6 Å². The summed E-state index contributed by atoms with van der Waals surface area (Å²) in [5.41, 5.74) is 2.44. The van der Waals surface area contributed by atoms with Crippen molar-refractivity contribution >= 4 is 23.3 Å². The molecule has 3 nitrogen and oxygen atoms in total. The molecule has 1 N–H and O–H groups in total. The lowest BCUT2D eigenvalue weighted by atomic mass is 9.97. The van der Waals surface area contributed by atoms with E-state index in [0.29, 0.717) is 6.04 Å². The topological polar surface area (TPSA) is 24.0 Å². The lowest BCUT2D eigenvalue weighted by Gasteiger charge is -2.35. The monoisotopic (exact) mass is 273 g/mol. The molecule has 19 heavy (non-hydrogen) atoms. The highest BCUT2D eigenvalue weighted by Crippen LogP contribution is 2.34. The van der Waals surface area contributed by atoms with Crippen molar-refractivity contribution in [3.05, 3.63) is 29.0 Å². The third kappa shape index (κ3) is 1.85. The van der Waals surface area contributed by atoms with Gasteiger partial charge in [-0.15, -0.1) is 0 Å². The number of nitrogens with zero attached hydrogens (tertiary/aromatic N) is 2. The minimum Gasteiger partial charge on any atom is -0.331 e. The summed E-state index contributed by atoms with van der Waals surface area (Å²) in [4.78, 5) is 6.01. The molecular formula is C15H19N3S. The van der Waals surface area contributed by atoms with E-state index in [1.807, 2.05) is 0 Å². The average Bonchev–Trinajstić information content (AvgIpc) is 3.00. The van der Waals surface area contributed by atoms with E-state index in [0.717, 1.165) is 10.8 Å². The molecule has 2 aliphatic rings. The van der Waals surface area contributed by atoms with E-state index in [9.17, 15) is 0 Å². The van der Waals surface area contributed by atoms with Crippen LogP contribution in [-0.2, 0) is 0 Å². The first-order valence-corrected chi connectivity index (χ1v) is 7.67. The average molecular weight is 273 g/mol. The Labute approximate surface area is 118 Å². The van der Waals surface area contributed by atoms with Gasteiger partial charge < -0.3 is 14.5 Å². The van der Waals surface area contributed by atoms with Gasteiger partial charge in [-0.3, -0.25) is 0 Å². The van der Waals surface area contributed by atoms with E-state index in [-0.39, 0.29) is 0 Å². The maximum absolute atomic E-state index is 5.55. The first-order chi connectivity index (χ1) is 9.33. The SMILES string of the molecule is S=c1[nH]c2ccccc2n1C1CCN2CCCC2C1. The summed E-state index contributed by atoms with van der Waals surface area (Å²) in [5, 5.41) is 0. The quantitative estimate of drug-likeness (QED) is 0.804. The molecule has 4 rings (SSSR count). The minimum absolute atomic E-state index is 0.572. The molecule has 2 unspecified atom stereocenters. The number of rotatable bonds is 1. The minimum atomic E-state index is 0.572. The van der Waals surface area contributed by atoms with Gasteiger partial charge in [-0.05, 0) is 56.6 Å². The molecule has 3 heterocycles. The van der Waals surface area contributed by atoms with Crippen molar-refractivity contribution in [1.29, 1.82) is 0 Å². The molecule has 0 radical (unpaired) electrons. The molecule has 100 valence electrons. The molecule has 0 aliphatic carbocycles. The maximum atomic E-state index is 5.55. The highest BCUT2D eigenvalue weighted by molar-refractivity contribution is 7.71. The molecule has 0 bridgehead atoms. The summed E-state index contributed by atoms with van der Waals surface area (Å²) in [6.07, 6.45) is 5.23. The second-order valence-electron chi connectivity index (χ2n) is 5.83. The van der Waals surface area contributed by atoms with Crippen LogP contribution in [-0.4, -0.2) is 33.6 Å². The Morgan fingerprint density at radius 1 is 1.11 bits per heavy atom. The maximum Gasteiger partial charge on any atom is 0.178 e. The molecule has 1 aromatic carbocycles. The Morgan fingerprint density at radius 3 is 2.95 bits per heavy atom. The van der Waals surface area contributed by atoms with Crippen LogP contribution >= 0.6 is 12.2 Å². The van der Waals surface area contributed by atoms with E-state index >= 15 is 0 Å².